The average Bonchev–Trinajstić information content (AvgIpc) is 2.88. The van der Waals surface area contributed by atoms with E-state index in [4.69, 9.17) is 4.74 Å². The summed E-state index contributed by atoms with van der Waals surface area (Å²) >= 11 is 0. The van der Waals surface area contributed by atoms with Crippen LogP contribution in [-0.4, -0.2) is 48.2 Å². The van der Waals surface area contributed by atoms with E-state index < -0.39 is 0 Å². The molecule has 1 aromatic heterocycles. The van der Waals surface area contributed by atoms with Gasteiger partial charge in [-0.3, -0.25) is 4.79 Å². The van der Waals surface area contributed by atoms with Crippen molar-refractivity contribution in [3.05, 3.63) is 24.0 Å². The van der Waals surface area contributed by atoms with Crippen LogP contribution >= 0.6 is 0 Å². The Labute approximate surface area is 114 Å². The molecule has 5 nitrogen and oxygen atoms in total. The number of ether oxygens (including phenoxy) is 1. The van der Waals surface area contributed by atoms with Crippen molar-refractivity contribution < 1.29 is 9.53 Å². The van der Waals surface area contributed by atoms with Crippen molar-refractivity contribution in [3.8, 4) is 0 Å². The molecule has 0 bridgehead atoms. The van der Waals surface area contributed by atoms with Crippen LogP contribution in [0.5, 0.6) is 0 Å². The fourth-order valence-corrected chi connectivity index (χ4v) is 2.43. The number of hydrogen-bond acceptors (Lipinski definition) is 3. The van der Waals surface area contributed by atoms with Crippen molar-refractivity contribution in [3.63, 3.8) is 0 Å². The van der Waals surface area contributed by atoms with E-state index in [1.54, 1.807) is 0 Å². The molecule has 0 spiro atoms. The van der Waals surface area contributed by atoms with Gasteiger partial charge in [0.1, 0.15) is 6.54 Å². The van der Waals surface area contributed by atoms with Crippen LogP contribution in [0.1, 0.15) is 25.6 Å². The molecule has 0 aliphatic carbocycles. The third kappa shape index (κ3) is 3.58. The van der Waals surface area contributed by atoms with Gasteiger partial charge in [-0.05, 0) is 25.6 Å². The van der Waals surface area contributed by atoms with Gasteiger partial charge in [0.25, 0.3) is 0 Å². The number of nitrogens with zero attached hydrogens (tertiary/aromatic N) is 2. The zero-order chi connectivity index (χ0) is 13.7. The largest absolute Gasteiger partial charge is 0.378 e. The lowest BCUT2D eigenvalue weighted by Crippen LogP contribution is -2.42. The van der Waals surface area contributed by atoms with Crippen LogP contribution in [0.3, 0.4) is 0 Å². The zero-order valence-corrected chi connectivity index (χ0v) is 11.8. The Balaban J connectivity index is 1.98. The maximum atomic E-state index is 12.2. The van der Waals surface area contributed by atoms with Crippen molar-refractivity contribution in [2.75, 3.05) is 32.8 Å². The van der Waals surface area contributed by atoms with Crippen LogP contribution < -0.4 is 5.32 Å². The summed E-state index contributed by atoms with van der Waals surface area (Å²) in [4.78, 5) is 14.1. The van der Waals surface area contributed by atoms with E-state index in [-0.39, 0.29) is 11.9 Å². The maximum absolute atomic E-state index is 12.2. The second-order valence-corrected chi connectivity index (χ2v) is 4.83. The summed E-state index contributed by atoms with van der Waals surface area (Å²) in [6.45, 7) is 8.26. The number of rotatable bonds is 5. The fourth-order valence-electron chi connectivity index (χ4n) is 2.43. The van der Waals surface area contributed by atoms with E-state index >= 15 is 0 Å². The minimum atomic E-state index is 0.171. The summed E-state index contributed by atoms with van der Waals surface area (Å²) in [5, 5.41) is 3.38. The van der Waals surface area contributed by atoms with Gasteiger partial charge in [0, 0.05) is 31.0 Å². The van der Waals surface area contributed by atoms with Gasteiger partial charge in [-0.1, -0.05) is 6.92 Å². The van der Waals surface area contributed by atoms with E-state index in [9.17, 15) is 4.79 Å². The van der Waals surface area contributed by atoms with Crippen LogP contribution in [-0.2, 0) is 16.1 Å². The average molecular weight is 265 g/mol. The molecule has 0 radical (unpaired) electrons. The molecule has 1 unspecified atom stereocenters. The van der Waals surface area contributed by atoms with E-state index in [0.717, 1.165) is 12.2 Å². The molecule has 5 heteroatoms. The normalized spacial score (nSPS) is 17.5. The molecule has 0 aromatic carbocycles. The van der Waals surface area contributed by atoms with Gasteiger partial charge in [0.15, 0.2) is 0 Å². The van der Waals surface area contributed by atoms with Gasteiger partial charge in [0.2, 0.25) is 5.91 Å². The van der Waals surface area contributed by atoms with Gasteiger partial charge >= 0.3 is 0 Å². The second kappa shape index (κ2) is 6.73. The lowest BCUT2D eigenvalue weighted by atomic mass is 10.2. The Morgan fingerprint density at radius 2 is 2.21 bits per heavy atom. The van der Waals surface area contributed by atoms with Gasteiger partial charge in [-0.15, -0.1) is 0 Å². The lowest BCUT2D eigenvalue weighted by molar-refractivity contribution is -0.135. The molecule has 106 valence electrons. The van der Waals surface area contributed by atoms with Crippen LogP contribution in [0, 0.1) is 0 Å². The smallest absolute Gasteiger partial charge is 0.242 e. The van der Waals surface area contributed by atoms with Crippen LogP contribution in [0.4, 0.5) is 0 Å². The first kappa shape index (κ1) is 14.1. The van der Waals surface area contributed by atoms with Gasteiger partial charge in [-0.2, -0.15) is 0 Å². The molecular formula is C14H23N3O2. The minimum Gasteiger partial charge on any atom is -0.378 e. The Morgan fingerprint density at radius 1 is 1.47 bits per heavy atom. The van der Waals surface area contributed by atoms with Gasteiger partial charge in [-0.25, -0.2) is 0 Å². The first-order valence-corrected chi connectivity index (χ1v) is 6.96. The molecule has 1 atom stereocenters. The minimum absolute atomic E-state index is 0.171. The standard InChI is InChI=1S/C14H23N3O2/c1-3-15-12(2)13-5-4-6-17(13)11-14(18)16-7-9-19-10-8-16/h4-6,12,15H,3,7-11H2,1-2H3. The molecule has 2 heterocycles. The van der Waals surface area contributed by atoms with Crippen LogP contribution in [0.25, 0.3) is 0 Å². The molecule has 2 rings (SSSR count). The summed E-state index contributed by atoms with van der Waals surface area (Å²) in [6, 6.07) is 4.33. The highest BCUT2D eigenvalue weighted by Gasteiger charge is 2.18. The Hall–Kier alpha value is -1.33. The molecule has 0 saturated carbocycles. The predicted molar refractivity (Wildman–Crippen MR) is 73.9 cm³/mol. The second-order valence-electron chi connectivity index (χ2n) is 4.83. The summed E-state index contributed by atoms with van der Waals surface area (Å²) < 4.78 is 7.30. The highest BCUT2D eigenvalue weighted by Crippen LogP contribution is 2.13. The van der Waals surface area contributed by atoms with E-state index in [0.29, 0.717) is 32.8 Å². The molecule has 1 fully saturated rings. The topological polar surface area (TPSA) is 46.5 Å². The number of morpholine rings is 1. The fraction of sp³-hybridized carbons (Fsp3) is 0.643. The van der Waals surface area contributed by atoms with Crippen molar-refractivity contribution in [2.24, 2.45) is 0 Å². The van der Waals surface area contributed by atoms with Crippen molar-refractivity contribution in [2.45, 2.75) is 26.4 Å². The molecular weight excluding hydrogens is 242 g/mol. The number of amides is 1. The molecule has 1 aliphatic rings. The number of carbonyl (C=O) groups excluding carboxylic acids is 1. The first-order chi connectivity index (χ1) is 9.22. The summed E-state index contributed by atoms with van der Waals surface area (Å²) in [5.74, 6) is 0.171. The third-order valence-electron chi connectivity index (χ3n) is 3.49. The van der Waals surface area contributed by atoms with E-state index in [2.05, 4.69) is 25.2 Å². The number of aromatic nitrogens is 1. The SMILES string of the molecule is CCNC(C)c1cccn1CC(=O)N1CCOCC1. The Morgan fingerprint density at radius 3 is 2.89 bits per heavy atom. The zero-order valence-electron chi connectivity index (χ0n) is 11.8. The van der Waals surface area contributed by atoms with E-state index in [1.807, 2.05) is 21.7 Å². The Kier molecular flexibility index (Phi) is 4.99. The summed E-state index contributed by atoms with van der Waals surface area (Å²) in [5.41, 5.74) is 1.16. The third-order valence-corrected chi connectivity index (χ3v) is 3.49. The summed E-state index contributed by atoms with van der Waals surface area (Å²) in [6.07, 6.45) is 1.97. The lowest BCUT2D eigenvalue weighted by Gasteiger charge is -2.27. The quantitative estimate of drug-likeness (QED) is 0.864. The molecule has 1 aromatic rings. The van der Waals surface area contributed by atoms with Gasteiger partial charge < -0.3 is 19.5 Å². The van der Waals surface area contributed by atoms with Gasteiger partial charge in [0.05, 0.1) is 13.2 Å². The number of hydrogen-bond donors (Lipinski definition) is 1. The molecule has 19 heavy (non-hydrogen) atoms. The van der Waals surface area contributed by atoms with Crippen molar-refractivity contribution in [1.29, 1.82) is 0 Å². The number of carbonyl (C=O) groups is 1. The monoisotopic (exact) mass is 265 g/mol. The Bertz CT molecular complexity index is 411. The molecule has 1 N–H and O–H groups in total. The summed E-state index contributed by atoms with van der Waals surface area (Å²) in [7, 11) is 0. The molecule has 1 amide bonds. The van der Waals surface area contributed by atoms with Crippen LogP contribution in [0.2, 0.25) is 0 Å². The predicted octanol–water partition coefficient (Wildman–Crippen LogP) is 1.02. The molecule has 1 aliphatic heterocycles. The van der Waals surface area contributed by atoms with E-state index in [1.165, 1.54) is 0 Å². The van der Waals surface area contributed by atoms with Crippen molar-refractivity contribution in [1.82, 2.24) is 14.8 Å². The number of nitrogens with one attached hydrogen (secondary N) is 1. The van der Waals surface area contributed by atoms with Crippen LogP contribution in [0.15, 0.2) is 18.3 Å². The highest BCUT2D eigenvalue weighted by atomic mass is 16.5. The molecule has 1 saturated heterocycles. The first-order valence-electron chi connectivity index (χ1n) is 6.96. The van der Waals surface area contributed by atoms with Crippen molar-refractivity contribution >= 4 is 5.91 Å². The maximum Gasteiger partial charge on any atom is 0.242 e. The highest BCUT2D eigenvalue weighted by molar-refractivity contribution is 5.76.